The molecule has 1 N–H and O–H groups in total. The molecule has 5 nitrogen and oxygen atoms in total. The molecule has 0 atom stereocenters. The smallest absolute Gasteiger partial charge is 0.243 e. The molecule has 1 aromatic rings. The summed E-state index contributed by atoms with van der Waals surface area (Å²) in [6.45, 7) is 5.64. The SMILES string of the molecule is CCc1nnc(NCCOC2CCCCCC2)nc1CC. The molecule has 1 aliphatic carbocycles. The first kappa shape index (κ1) is 16.1. The Hall–Kier alpha value is -1.23. The summed E-state index contributed by atoms with van der Waals surface area (Å²) in [4.78, 5) is 4.52. The molecule has 2 rings (SSSR count). The van der Waals surface area contributed by atoms with Crippen molar-refractivity contribution in [3.8, 4) is 0 Å². The minimum atomic E-state index is 0.446. The van der Waals surface area contributed by atoms with Gasteiger partial charge in [0.25, 0.3) is 0 Å². The van der Waals surface area contributed by atoms with Crippen LogP contribution in [0.5, 0.6) is 0 Å². The van der Waals surface area contributed by atoms with Gasteiger partial charge in [-0.05, 0) is 25.7 Å². The van der Waals surface area contributed by atoms with Crippen LogP contribution in [0.1, 0.15) is 63.8 Å². The number of anilines is 1. The van der Waals surface area contributed by atoms with Crippen LogP contribution in [0.2, 0.25) is 0 Å². The third-order valence-corrected chi connectivity index (χ3v) is 4.05. The van der Waals surface area contributed by atoms with Gasteiger partial charge in [0, 0.05) is 6.54 Å². The minimum Gasteiger partial charge on any atom is -0.376 e. The van der Waals surface area contributed by atoms with E-state index < -0.39 is 0 Å². The van der Waals surface area contributed by atoms with Crippen LogP contribution in [0.4, 0.5) is 5.95 Å². The Morgan fingerprint density at radius 2 is 1.71 bits per heavy atom. The van der Waals surface area contributed by atoms with E-state index in [1.807, 2.05) is 0 Å². The summed E-state index contributed by atoms with van der Waals surface area (Å²) in [5, 5.41) is 11.6. The van der Waals surface area contributed by atoms with Crippen molar-refractivity contribution in [3.63, 3.8) is 0 Å². The van der Waals surface area contributed by atoms with Gasteiger partial charge in [-0.3, -0.25) is 0 Å². The van der Waals surface area contributed by atoms with Gasteiger partial charge < -0.3 is 10.1 Å². The van der Waals surface area contributed by atoms with Crippen molar-refractivity contribution in [2.45, 2.75) is 71.3 Å². The lowest BCUT2D eigenvalue weighted by Crippen LogP contribution is -2.19. The summed E-state index contributed by atoms with van der Waals surface area (Å²) in [5.74, 6) is 0.619. The Morgan fingerprint density at radius 3 is 2.38 bits per heavy atom. The number of aromatic nitrogens is 3. The molecule has 21 heavy (non-hydrogen) atoms. The molecule has 1 aliphatic rings. The Labute approximate surface area is 127 Å². The zero-order chi connectivity index (χ0) is 14.9. The molecule has 0 radical (unpaired) electrons. The van der Waals surface area contributed by atoms with E-state index in [0.717, 1.165) is 30.8 Å². The molecule has 0 spiro atoms. The van der Waals surface area contributed by atoms with Gasteiger partial charge in [-0.1, -0.05) is 39.5 Å². The molecule has 1 heterocycles. The topological polar surface area (TPSA) is 59.9 Å². The third kappa shape index (κ3) is 5.23. The van der Waals surface area contributed by atoms with Gasteiger partial charge in [0.1, 0.15) is 0 Å². The summed E-state index contributed by atoms with van der Waals surface area (Å²) in [6, 6.07) is 0. The van der Waals surface area contributed by atoms with Crippen molar-refractivity contribution in [1.29, 1.82) is 0 Å². The normalized spacial score (nSPS) is 16.7. The fraction of sp³-hybridized carbons (Fsp3) is 0.812. The first-order valence-corrected chi connectivity index (χ1v) is 8.41. The van der Waals surface area contributed by atoms with Crippen molar-refractivity contribution in [2.75, 3.05) is 18.5 Å². The number of nitrogens with zero attached hydrogens (tertiary/aromatic N) is 3. The molecule has 0 saturated heterocycles. The molecule has 0 amide bonds. The van der Waals surface area contributed by atoms with Gasteiger partial charge in [-0.25, -0.2) is 4.98 Å². The van der Waals surface area contributed by atoms with Gasteiger partial charge in [-0.2, -0.15) is 5.10 Å². The molecule has 1 aromatic heterocycles. The Kier molecular flexibility index (Phi) is 6.86. The molecule has 5 heteroatoms. The summed E-state index contributed by atoms with van der Waals surface area (Å²) in [7, 11) is 0. The average molecular weight is 292 g/mol. The van der Waals surface area contributed by atoms with Gasteiger partial charge in [0.15, 0.2) is 0 Å². The van der Waals surface area contributed by atoms with Gasteiger partial charge in [0.05, 0.1) is 24.1 Å². The largest absolute Gasteiger partial charge is 0.376 e. The lowest BCUT2D eigenvalue weighted by Gasteiger charge is -2.15. The van der Waals surface area contributed by atoms with E-state index in [2.05, 4.69) is 34.3 Å². The van der Waals surface area contributed by atoms with E-state index >= 15 is 0 Å². The highest BCUT2D eigenvalue weighted by Gasteiger charge is 2.12. The predicted octanol–water partition coefficient (Wildman–Crippen LogP) is 3.15. The first-order valence-electron chi connectivity index (χ1n) is 8.41. The zero-order valence-electron chi connectivity index (χ0n) is 13.4. The van der Waals surface area contributed by atoms with E-state index in [1.54, 1.807) is 0 Å². The molecular formula is C16H28N4O. The molecule has 0 aliphatic heterocycles. The van der Waals surface area contributed by atoms with Gasteiger partial charge in [0.2, 0.25) is 5.95 Å². The van der Waals surface area contributed by atoms with Crippen molar-refractivity contribution in [2.24, 2.45) is 0 Å². The highest BCUT2D eigenvalue weighted by molar-refractivity contribution is 5.25. The van der Waals surface area contributed by atoms with Crippen LogP contribution in [0.15, 0.2) is 0 Å². The van der Waals surface area contributed by atoms with E-state index in [1.165, 1.54) is 38.5 Å². The lowest BCUT2D eigenvalue weighted by atomic mass is 10.1. The third-order valence-electron chi connectivity index (χ3n) is 4.05. The standard InChI is InChI=1S/C16H28N4O/c1-3-14-15(4-2)19-20-16(18-14)17-11-12-21-13-9-7-5-6-8-10-13/h13H,3-12H2,1-2H3,(H,17,18,20). The van der Waals surface area contributed by atoms with Crippen LogP contribution in [-0.4, -0.2) is 34.4 Å². The van der Waals surface area contributed by atoms with Crippen molar-refractivity contribution >= 4 is 5.95 Å². The maximum absolute atomic E-state index is 5.95. The molecule has 1 saturated carbocycles. The summed E-state index contributed by atoms with van der Waals surface area (Å²) in [6.07, 6.45) is 9.99. The van der Waals surface area contributed by atoms with Gasteiger partial charge in [-0.15, -0.1) is 5.10 Å². The molecule has 118 valence electrons. The molecular weight excluding hydrogens is 264 g/mol. The predicted molar refractivity (Wildman–Crippen MR) is 84.5 cm³/mol. The monoisotopic (exact) mass is 292 g/mol. The maximum Gasteiger partial charge on any atom is 0.243 e. The van der Waals surface area contributed by atoms with E-state index in [4.69, 9.17) is 4.74 Å². The van der Waals surface area contributed by atoms with Crippen LogP contribution in [0, 0.1) is 0 Å². The van der Waals surface area contributed by atoms with Crippen LogP contribution in [0.3, 0.4) is 0 Å². The first-order chi connectivity index (χ1) is 10.3. The second-order valence-electron chi connectivity index (χ2n) is 5.65. The second kappa shape index (κ2) is 8.93. The van der Waals surface area contributed by atoms with Crippen LogP contribution in [-0.2, 0) is 17.6 Å². The highest BCUT2D eigenvalue weighted by atomic mass is 16.5. The van der Waals surface area contributed by atoms with Crippen molar-refractivity contribution in [3.05, 3.63) is 11.4 Å². The minimum absolute atomic E-state index is 0.446. The molecule has 0 aromatic carbocycles. The number of hydrogen-bond donors (Lipinski definition) is 1. The molecule has 0 bridgehead atoms. The quantitative estimate of drug-likeness (QED) is 0.618. The summed E-state index contributed by atoms with van der Waals surface area (Å²) < 4.78 is 5.95. The summed E-state index contributed by atoms with van der Waals surface area (Å²) >= 11 is 0. The fourth-order valence-electron chi connectivity index (χ4n) is 2.81. The number of nitrogens with one attached hydrogen (secondary N) is 1. The number of ether oxygens (including phenoxy) is 1. The average Bonchev–Trinajstić information content (AvgIpc) is 2.80. The lowest BCUT2D eigenvalue weighted by molar-refractivity contribution is 0.0501. The van der Waals surface area contributed by atoms with E-state index in [0.29, 0.717) is 18.7 Å². The molecule has 0 unspecified atom stereocenters. The van der Waals surface area contributed by atoms with Gasteiger partial charge >= 0.3 is 0 Å². The Morgan fingerprint density at radius 1 is 1.00 bits per heavy atom. The Balaban J connectivity index is 1.72. The van der Waals surface area contributed by atoms with E-state index in [-0.39, 0.29) is 0 Å². The molecule has 1 fully saturated rings. The fourth-order valence-corrected chi connectivity index (χ4v) is 2.81. The van der Waals surface area contributed by atoms with E-state index in [9.17, 15) is 0 Å². The highest BCUT2D eigenvalue weighted by Crippen LogP contribution is 2.19. The second-order valence-corrected chi connectivity index (χ2v) is 5.65. The number of hydrogen-bond acceptors (Lipinski definition) is 5. The number of rotatable bonds is 7. The summed E-state index contributed by atoms with van der Waals surface area (Å²) in [5.41, 5.74) is 2.04. The van der Waals surface area contributed by atoms with Crippen molar-refractivity contribution in [1.82, 2.24) is 15.2 Å². The van der Waals surface area contributed by atoms with Crippen LogP contribution < -0.4 is 5.32 Å². The number of aryl methyl sites for hydroxylation is 2. The van der Waals surface area contributed by atoms with Crippen LogP contribution >= 0.6 is 0 Å². The Bertz CT molecular complexity index is 417. The maximum atomic E-state index is 5.95. The zero-order valence-corrected chi connectivity index (χ0v) is 13.4. The van der Waals surface area contributed by atoms with Crippen LogP contribution in [0.25, 0.3) is 0 Å². The van der Waals surface area contributed by atoms with Crippen molar-refractivity contribution < 1.29 is 4.74 Å².